The van der Waals surface area contributed by atoms with Crippen LogP contribution in [0.3, 0.4) is 0 Å². The minimum atomic E-state index is 0.559. The molecule has 1 rings (SSSR count). The van der Waals surface area contributed by atoms with Gasteiger partial charge in [-0.15, -0.1) is 0 Å². The smallest absolute Gasteiger partial charge is 0.0212 e. The summed E-state index contributed by atoms with van der Waals surface area (Å²) in [6, 6.07) is 6.57. The lowest BCUT2D eigenvalue weighted by Gasteiger charge is -2.21. The van der Waals surface area contributed by atoms with Crippen molar-refractivity contribution in [1.82, 2.24) is 0 Å². The van der Waals surface area contributed by atoms with Crippen LogP contribution in [-0.4, -0.2) is 6.54 Å². The van der Waals surface area contributed by atoms with Gasteiger partial charge in [-0.25, -0.2) is 0 Å². The fourth-order valence-electron chi connectivity index (χ4n) is 1.82. The average molecular weight is 270 g/mol. The number of hydrogen-bond acceptors (Lipinski definition) is 1. The molecular weight excluding hydrogens is 250 g/mol. The van der Waals surface area contributed by atoms with Gasteiger partial charge >= 0.3 is 0 Å². The van der Waals surface area contributed by atoms with Crippen molar-refractivity contribution in [1.29, 1.82) is 0 Å². The van der Waals surface area contributed by atoms with Gasteiger partial charge in [0.05, 0.1) is 0 Å². The van der Waals surface area contributed by atoms with E-state index < -0.39 is 0 Å². The molecule has 0 aliphatic heterocycles. The van der Waals surface area contributed by atoms with Crippen molar-refractivity contribution in [3.8, 4) is 0 Å². The van der Waals surface area contributed by atoms with E-state index in [0.717, 1.165) is 13.0 Å². The quantitative estimate of drug-likeness (QED) is 0.883. The third kappa shape index (κ3) is 3.32. The summed E-state index contributed by atoms with van der Waals surface area (Å²) in [5.74, 6) is 1.19. The number of nitrogens with two attached hydrogens (primary N) is 1. The van der Waals surface area contributed by atoms with Gasteiger partial charge in [0.15, 0.2) is 0 Å². The maximum atomic E-state index is 5.60. The molecule has 0 aliphatic carbocycles. The van der Waals surface area contributed by atoms with Gasteiger partial charge in [0.2, 0.25) is 0 Å². The van der Waals surface area contributed by atoms with Gasteiger partial charge in [0.1, 0.15) is 0 Å². The molecule has 84 valence electrons. The molecule has 0 radical (unpaired) electrons. The highest BCUT2D eigenvalue weighted by molar-refractivity contribution is 9.10. The van der Waals surface area contributed by atoms with Crippen LogP contribution in [0.5, 0.6) is 0 Å². The highest BCUT2D eigenvalue weighted by atomic mass is 79.9. The lowest BCUT2D eigenvalue weighted by molar-refractivity contribution is 0.458. The second-order valence-electron chi connectivity index (χ2n) is 4.37. The van der Waals surface area contributed by atoms with Crippen LogP contribution < -0.4 is 5.73 Å². The van der Waals surface area contributed by atoms with Crippen molar-refractivity contribution in [2.24, 2.45) is 11.7 Å². The molecule has 1 aromatic carbocycles. The van der Waals surface area contributed by atoms with E-state index in [-0.39, 0.29) is 0 Å². The standard InChI is InChI=1S/C13H20BrN/c1-9-4-5-12(13(14)8-9)11(3)10(2)6-7-15/h4-5,8,10-11H,6-7,15H2,1-3H3. The van der Waals surface area contributed by atoms with Crippen molar-refractivity contribution >= 4 is 15.9 Å². The van der Waals surface area contributed by atoms with Crippen LogP contribution in [0.15, 0.2) is 22.7 Å². The van der Waals surface area contributed by atoms with E-state index in [1.807, 2.05) is 0 Å². The van der Waals surface area contributed by atoms with E-state index in [4.69, 9.17) is 5.73 Å². The first-order valence-corrected chi connectivity index (χ1v) is 6.31. The second kappa shape index (κ2) is 5.66. The Morgan fingerprint density at radius 2 is 2.00 bits per heavy atom. The summed E-state index contributed by atoms with van der Waals surface area (Å²) < 4.78 is 1.22. The fourth-order valence-corrected chi connectivity index (χ4v) is 2.68. The number of hydrogen-bond donors (Lipinski definition) is 1. The predicted octanol–water partition coefficient (Wildman–Crippen LogP) is 3.85. The van der Waals surface area contributed by atoms with Crippen LogP contribution in [0, 0.1) is 12.8 Å². The van der Waals surface area contributed by atoms with E-state index in [9.17, 15) is 0 Å². The van der Waals surface area contributed by atoms with Crippen molar-refractivity contribution < 1.29 is 0 Å². The van der Waals surface area contributed by atoms with Crippen LogP contribution >= 0.6 is 15.9 Å². The van der Waals surface area contributed by atoms with Gasteiger partial charge in [-0.2, -0.15) is 0 Å². The number of aryl methyl sites for hydroxylation is 1. The zero-order chi connectivity index (χ0) is 11.4. The molecule has 0 spiro atoms. The summed E-state index contributed by atoms with van der Waals surface area (Å²) in [6.45, 7) is 7.43. The van der Waals surface area contributed by atoms with Gasteiger partial charge in [0, 0.05) is 4.47 Å². The van der Waals surface area contributed by atoms with Gasteiger partial charge in [0.25, 0.3) is 0 Å². The first-order chi connectivity index (χ1) is 7.06. The first kappa shape index (κ1) is 12.7. The van der Waals surface area contributed by atoms with E-state index >= 15 is 0 Å². The Morgan fingerprint density at radius 3 is 2.53 bits per heavy atom. The Labute approximate surface area is 101 Å². The monoisotopic (exact) mass is 269 g/mol. The Bertz CT molecular complexity index is 322. The molecule has 0 heterocycles. The van der Waals surface area contributed by atoms with Crippen molar-refractivity contribution in [3.63, 3.8) is 0 Å². The van der Waals surface area contributed by atoms with Gasteiger partial charge in [-0.1, -0.05) is 41.9 Å². The Kier molecular flexibility index (Phi) is 4.81. The van der Waals surface area contributed by atoms with E-state index in [2.05, 4.69) is 54.9 Å². The Balaban J connectivity index is 2.86. The van der Waals surface area contributed by atoms with Crippen LogP contribution in [0.25, 0.3) is 0 Å². The average Bonchev–Trinajstić information content (AvgIpc) is 2.17. The summed E-state index contributed by atoms with van der Waals surface area (Å²) in [6.07, 6.45) is 1.08. The minimum Gasteiger partial charge on any atom is -0.330 e. The largest absolute Gasteiger partial charge is 0.330 e. The number of halogens is 1. The summed E-state index contributed by atoms with van der Waals surface area (Å²) in [7, 11) is 0. The second-order valence-corrected chi connectivity index (χ2v) is 5.22. The summed E-state index contributed by atoms with van der Waals surface area (Å²) in [5, 5.41) is 0. The highest BCUT2D eigenvalue weighted by Gasteiger charge is 2.15. The molecule has 15 heavy (non-hydrogen) atoms. The molecule has 0 aromatic heterocycles. The summed E-state index contributed by atoms with van der Waals surface area (Å²) in [5.41, 5.74) is 8.28. The molecular formula is C13H20BrN. The molecule has 0 saturated heterocycles. The normalized spacial score (nSPS) is 15.0. The molecule has 0 amide bonds. The molecule has 1 nitrogen and oxygen atoms in total. The Hall–Kier alpha value is -0.340. The van der Waals surface area contributed by atoms with E-state index in [0.29, 0.717) is 11.8 Å². The van der Waals surface area contributed by atoms with E-state index in [1.165, 1.54) is 15.6 Å². The molecule has 0 saturated carbocycles. The van der Waals surface area contributed by atoms with Gasteiger partial charge < -0.3 is 5.73 Å². The Morgan fingerprint density at radius 1 is 1.33 bits per heavy atom. The van der Waals surface area contributed by atoms with Crippen LogP contribution in [0.4, 0.5) is 0 Å². The maximum Gasteiger partial charge on any atom is 0.0212 e. The molecule has 2 unspecified atom stereocenters. The van der Waals surface area contributed by atoms with Crippen LogP contribution in [0.2, 0.25) is 0 Å². The lowest BCUT2D eigenvalue weighted by atomic mass is 9.86. The topological polar surface area (TPSA) is 26.0 Å². The highest BCUT2D eigenvalue weighted by Crippen LogP contribution is 2.32. The summed E-state index contributed by atoms with van der Waals surface area (Å²) in [4.78, 5) is 0. The zero-order valence-corrected chi connectivity index (χ0v) is 11.3. The molecule has 2 heteroatoms. The van der Waals surface area contributed by atoms with E-state index in [1.54, 1.807) is 0 Å². The third-order valence-electron chi connectivity index (χ3n) is 3.12. The lowest BCUT2D eigenvalue weighted by Crippen LogP contribution is -2.12. The van der Waals surface area contributed by atoms with Gasteiger partial charge in [-0.3, -0.25) is 0 Å². The van der Waals surface area contributed by atoms with Gasteiger partial charge in [-0.05, 0) is 48.9 Å². The minimum absolute atomic E-state index is 0.559. The fraction of sp³-hybridized carbons (Fsp3) is 0.538. The third-order valence-corrected chi connectivity index (χ3v) is 3.81. The van der Waals surface area contributed by atoms with Crippen LogP contribution in [0.1, 0.15) is 37.3 Å². The molecule has 2 atom stereocenters. The predicted molar refractivity (Wildman–Crippen MR) is 70.1 cm³/mol. The SMILES string of the molecule is Cc1ccc(C(C)C(C)CCN)c(Br)c1. The van der Waals surface area contributed by atoms with Crippen molar-refractivity contribution in [2.75, 3.05) is 6.54 Å². The number of rotatable bonds is 4. The molecule has 0 bridgehead atoms. The maximum absolute atomic E-state index is 5.60. The van der Waals surface area contributed by atoms with Crippen molar-refractivity contribution in [2.45, 2.75) is 33.1 Å². The summed E-state index contributed by atoms with van der Waals surface area (Å²) >= 11 is 3.64. The molecule has 2 N–H and O–H groups in total. The van der Waals surface area contributed by atoms with Crippen LogP contribution in [-0.2, 0) is 0 Å². The number of benzene rings is 1. The zero-order valence-electron chi connectivity index (χ0n) is 9.76. The molecule has 0 aliphatic rings. The van der Waals surface area contributed by atoms with Crippen molar-refractivity contribution in [3.05, 3.63) is 33.8 Å². The molecule has 0 fully saturated rings. The molecule has 1 aromatic rings. The first-order valence-electron chi connectivity index (χ1n) is 5.52.